The van der Waals surface area contributed by atoms with Crippen molar-refractivity contribution in [2.24, 2.45) is 5.41 Å². The zero-order chi connectivity index (χ0) is 9.35. The van der Waals surface area contributed by atoms with E-state index < -0.39 is 5.97 Å². The van der Waals surface area contributed by atoms with Gasteiger partial charge in [-0.2, -0.15) is 0 Å². The van der Waals surface area contributed by atoms with E-state index in [2.05, 4.69) is 26.1 Å². The zero-order valence-electron chi connectivity index (χ0n) is 7.63. The van der Waals surface area contributed by atoms with Gasteiger partial charge in [0.1, 0.15) is 6.04 Å². The van der Waals surface area contributed by atoms with Crippen LogP contribution in [-0.4, -0.2) is 28.2 Å². The fourth-order valence-electron chi connectivity index (χ4n) is 1.11. The third-order valence-corrected chi connectivity index (χ3v) is 3.57. The normalized spacial score (nSPS) is 30.6. The Morgan fingerprint density at radius 2 is 2.17 bits per heavy atom. The van der Waals surface area contributed by atoms with E-state index in [1.165, 1.54) is 0 Å². The predicted octanol–water partition coefficient (Wildman–Crippen LogP) is 1.15. The summed E-state index contributed by atoms with van der Waals surface area (Å²) in [6.45, 7) is 6.34. The van der Waals surface area contributed by atoms with Crippen LogP contribution in [0.25, 0.3) is 0 Å². The van der Waals surface area contributed by atoms with Crippen molar-refractivity contribution in [3.05, 3.63) is 0 Å². The van der Waals surface area contributed by atoms with Crippen LogP contribution in [0.15, 0.2) is 0 Å². The number of nitrogens with one attached hydrogen (secondary N) is 1. The van der Waals surface area contributed by atoms with Crippen LogP contribution in [0.3, 0.4) is 0 Å². The SMILES string of the molecule is CC(C)(C)C1NC(C(=O)O)CS1. The highest BCUT2D eigenvalue weighted by molar-refractivity contribution is 8.00. The summed E-state index contributed by atoms with van der Waals surface area (Å²) in [6, 6.07) is -0.362. The van der Waals surface area contributed by atoms with Gasteiger partial charge in [-0.1, -0.05) is 20.8 Å². The van der Waals surface area contributed by atoms with Gasteiger partial charge in [-0.05, 0) is 5.41 Å². The number of rotatable bonds is 1. The molecule has 1 aliphatic heterocycles. The van der Waals surface area contributed by atoms with Crippen molar-refractivity contribution in [3.63, 3.8) is 0 Å². The summed E-state index contributed by atoms with van der Waals surface area (Å²) in [5.41, 5.74) is 0.134. The van der Waals surface area contributed by atoms with E-state index in [0.717, 1.165) is 0 Å². The maximum Gasteiger partial charge on any atom is 0.321 e. The quantitative estimate of drug-likeness (QED) is 0.649. The number of hydrogen-bond donors (Lipinski definition) is 2. The van der Waals surface area contributed by atoms with E-state index >= 15 is 0 Å². The lowest BCUT2D eigenvalue weighted by atomic mass is 9.96. The summed E-state index contributed by atoms with van der Waals surface area (Å²) in [5, 5.41) is 12.1. The topological polar surface area (TPSA) is 49.3 Å². The first-order valence-corrected chi connectivity index (χ1v) is 5.06. The molecule has 4 heteroatoms. The molecule has 0 aromatic carbocycles. The molecule has 0 aliphatic carbocycles. The molecule has 0 amide bonds. The number of carbonyl (C=O) groups is 1. The molecule has 12 heavy (non-hydrogen) atoms. The molecule has 0 bridgehead atoms. The number of hydrogen-bond acceptors (Lipinski definition) is 3. The lowest BCUT2D eigenvalue weighted by Crippen LogP contribution is -2.41. The maximum absolute atomic E-state index is 10.6. The summed E-state index contributed by atoms with van der Waals surface area (Å²) < 4.78 is 0. The van der Waals surface area contributed by atoms with Crippen LogP contribution in [0, 0.1) is 5.41 Å². The molecule has 70 valence electrons. The Balaban J connectivity index is 2.51. The molecule has 2 N–H and O–H groups in total. The second-order valence-corrected chi connectivity index (χ2v) is 5.27. The lowest BCUT2D eigenvalue weighted by molar-refractivity contribution is -0.138. The lowest BCUT2D eigenvalue weighted by Gasteiger charge is -2.26. The van der Waals surface area contributed by atoms with E-state index in [1.54, 1.807) is 11.8 Å². The van der Waals surface area contributed by atoms with Gasteiger partial charge in [0.05, 0.1) is 5.37 Å². The van der Waals surface area contributed by atoms with Crippen molar-refractivity contribution in [1.29, 1.82) is 0 Å². The molecular formula is C8H15NO2S. The second-order valence-electron chi connectivity index (χ2n) is 4.14. The average molecular weight is 189 g/mol. The van der Waals surface area contributed by atoms with E-state index in [-0.39, 0.29) is 16.8 Å². The molecule has 1 aliphatic rings. The van der Waals surface area contributed by atoms with E-state index in [0.29, 0.717) is 5.75 Å². The van der Waals surface area contributed by atoms with Crippen molar-refractivity contribution in [1.82, 2.24) is 5.32 Å². The third kappa shape index (κ3) is 2.14. The van der Waals surface area contributed by atoms with Crippen LogP contribution >= 0.6 is 11.8 Å². The van der Waals surface area contributed by atoms with E-state index in [4.69, 9.17) is 5.11 Å². The molecule has 0 spiro atoms. The van der Waals surface area contributed by atoms with Crippen molar-refractivity contribution in [2.75, 3.05) is 5.75 Å². The van der Waals surface area contributed by atoms with Gasteiger partial charge in [0, 0.05) is 5.75 Å². The average Bonchev–Trinajstić information content (AvgIpc) is 2.30. The van der Waals surface area contributed by atoms with Crippen molar-refractivity contribution in [3.8, 4) is 0 Å². The van der Waals surface area contributed by atoms with Crippen LogP contribution in [0.1, 0.15) is 20.8 Å². The third-order valence-electron chi connectivity index (χ3n) is 1.87. The molecular weight excluding hydrogens is 174 g/mol. The van der Waals surface area contributed by atoms with Gasteiger partial charge in [-0.15, -0.1) is 11.8 Å². The summed E-state index contributed by atoms with van der Waals surface area (Å²) in [6.07, 6.45) is 0. The molecule has 3 nitrogen and oxygen atoms in total. The summed E-state index contributed by atoms with van der Waals surface area (Å²) in [7, 11) is 0. The summed E-state index contributed by atoms with van der Waals surface area (Å²) in [5.74, 6) is -0.0636. The van der Waals surface area contributed by atoms with E-state index in [1.807, 2.05) is 0 Å². The molecule has 1 saturated heterocycles. The van der Waals surface area contributed by atoms with Crippen molar-refractivity contribution in [2.45, 2.75) is 32.2 Å². The number of thioether (sulfide) groups is 1. The maximum atomic E-state index is 10.6. The first-order chi connectivity index (χ1) is 5.41. The Hall–Kier alpha value is -0.220. The van der Waals surface area contributed by atoms with Gasteiger partial charge in [-0.25, -0.2) is 0 Å². The Morgan fingerprint density at radius 1 is 1.58 bits per heavy atom. The molecule has 1 rings (SSSR count). The first-order valence-electron chi connectivity index (χ1n) is 4.02. The fourth-order valence-corrected chi connectivity index (χ4v) is 2.50. The molecule has 2 atom stereocenters. The van der Waals surface area contributed by atoms with Crippen LogP contribution in [0.2, 0.25) is 0 Å². The molecule has 0 aromatic heterocycles. The smallest absolute Gasteiger partial charge is 0.321 e. The summed E-state index contributed by atoms with van der Waals surface area (Å²) >= 11 is 1.69. The Kier molecular flexibility index (Phi) is 2.68. The minimum atomic E-state index is -0.741. The first kappa shape index (κ1) is 9.86. The Labute approximate surface area is 76.9 Å². The van der Waals surface area contributed by atoms with Crippen LogP contribution in [0.4, 0.5) is 0 Å². The van der Waals surface area contributed by atoms with E-state index in [9.17, 15) is 4.79 Å². The molecule has 2 unspecified atom stereocenters. The van der Waals surface area contributed by atoms with Crippen molar-refractivity contribution >= 4 is 17.7 Å². The van der Waals surface area contributed by atoms with Crippen LogP contribution < -0.4 is 5.32 Å². The number of aliphatic carboxylic acids is 1. The van der Waals surface area contributed by atoms with Gasteiger partial charge >= 0.3 is 5.97 Å². The van der Waals surface area contributed by atoms with Crippen LogP contribution in [-0.2, 0) is 4.79 Å². The monoisotopic (exact) mass is 189 g/mol. The van der Waals surface area contributed by atoms with Gasteiger partial charge in [-0.3, -0.25) is 10.1 Å². The minimum Gasteiger partial charge on any atom is -0.480 e. The zero-order valence-corrected chi connectivity index (χ0v) is 8.44. The highest BCUT2D eigenvalue weighted by Crippen LogP contribution is 2.33. The van der Waals surface area contributed by atoms with Crippen molar-refractivity contribution < 1.29 is 9.90 Å². The highest BCUT2D eigenvalue weighted by atomic mass is 32.2. The summed E-state index contributed by atoms with van der Waals surface area (Å²) in [4.78, 5) is 10.6. The predicted molar refractivity (Wildman–Crippen MR) is 50.3 cm³/mol. The molecule has 1 heterocycles. The van der Waals surface area contributed by atoms with Crippen LogP contribution in [0.5, 0.6) is 0 Å². The second kappa shape index (κ2) is 3.26. The minimum absolute atomic E-state index is 0.134. The van der Waals surface area contributed by atoms with Gasteiger partial charge in [0.25, 0.3) is 0 Å². The number of carboxylic acid groups (broad SMARTS) is 1. The standard InChI is InChI=1S/C8H15NO2S/c1-8(2,3)7-9-5(4-12-7)6(10)11/h5,7,9H,4H2,1-3H3,(H,10,11). The molecule has 0 radical (unpaired) electrons. The molecule has 1 fully saturated rings. The van der Waals surface area contributed by atoms with Gasteiger partial charge < -0.3 is 5.11 Å². The largest absolute Gasteiger partial charge is 0.480 e. The Bertz CT molecular complexity index is 188. The molecule has 0 saturated carbocycles. The highest BCUT2D eigenvalue weighted by Gasteiger charge is 2.35. The molecule has 0 aromatic rings. The Morgan fingerprint density at radius 3 is 2.42 bits per heavy atom. The number of carboxylic acids is 1. The fraction of sp³-hybridized carbons (Fsp3) is 0.875. The van der Waals surface area contributed by atoms with Gasteiger partial charge in [0.2, 0.25) is 0 Å². The van der Waals surface area contributed by atoms with Gasteiger partial charge in [0.15, 0.2) is 0 Å².